The SMILES string of the molecule is CCOc1cc([C@H](O)CCN)ccc1O. The Hall–Kier alpha value is -1.26. The minimum Gasteiger partial charge on any atom is -0.504 e. The highest BCUT2D eigenvalue weighted by atomic mass is 16.5. The fraction of sp³-hybridized carbons (Fsp3) is 0.455. The zero-order valence-corrected chi connectivity index (χ0v) is 8.81. The molecule has 1 aromatic carbocycles. The molecule has 0 aliphatic heterocycles. The fourth-order valence-electron chi connectivity index (χ4n) is 1.33. The lowest BCUT2D eigenvalue weighted by atomic mass is 10.1. The van der Waals surface area contributed by atoms with E-state index in [4.69, 9.17) is 10.5 Å². The maximum atomic E-state index is 9.69. The molecule has 0 spiro atoms. The second-order valence-electron chi connectivity index (χ2n) is 3.25. The number of aliphatic hydroxyl groups is 1. The van der Waals surface area contributed by atoms with Crippen molar-refractivity contribution in [2.75, 3.05) is 13.2 Å². The van der Waals surface area contributed by atoms with E-state index in [0.717, 1.165) is 0 Å². The van der Waals surface area contributed by atoms with Gasteiger partial charge in [0.2, 0.25) is 0 Å². The lowest BCUT2D eigenvalue weighted by Crippen LogP contribution is -2.06. The standard InChI is InChI=1S/C11H17NO3/c1-2-15-11-7-8(3-4-10(11)14)9(13)5-6-12/h3-4,7,9,13-14H,2,5-6,12H2,1H3/t9-/m1/s1. The molecule has 0 unspecified atom stereocenters. The molecule has 0 saturated carbocycles. The summed E-state index contributed by atoms with van der Waals surface area (Å²) in [5.41, 5.74) is 6.06. The summed E-state index contributed by atoms with van der Waals surface area (Å²) < 4.78 is 5.21. The highest BCUT2D eigenvalue weighted by molar-refractivity contribution is 5.42. The van der Waals surface area contributed by atoms with Crippen molar-refractivity contribution in [3.8, 4) is 11.5 Å². The monoisotopic (exact) mass is 211 g/mol. The molecule has 4 nitrogen and oxygen atoms in total. The first-order valence-corrected chi connectivity index (χ1v) is 5.02. The van der Waals surface area contributed by atoms with Crippen molar-refractivity contribution in [1.82, 2.24) is 0 Å². The largest absolute Gasteiger partial charge is 0.504 e. The Morgan fingerprint density at radius 2 is 2.20 bits per heavy atom. The Labute approximate surface area is 89.3 Å². The molecule has 4 N–H and O–H groups in total. The van der Waals surface area contributed by atoms with Crippen LogP contribution in [0.15, 0.2) is 18.2 Å². The maximum Gasteiger partial charge on any atom is 0.161 e. The number of ether oxygens (including phenoxy) is 1. The van der Waals surface area contributed by atoms with E-state index in [1.165, 1.54) is 6.07 Å². The third-order valence-corrected chi connectivity index (χ3v) is 2.11. The van der Waals surface area contributed by atoms with Gasteiger partial charge in [-0.05, 0) is 37.6 Å². The molecule has 0 bridgehead atoms. The smallest absolute Gasteiger partial charge is 0.161 e. The Morgan fingerprint density at radius 1 is 1.47 bits per heavy atom. The number of hydrogen-bond donors (Lipinski definition) is 3. The molecule has 1 atom stereocenters. The van der Waals surface area contributed by atoms with E-state index in [-0.39, 0.29) is 5.75 Å². The van der Waals surface area contributed by atoms with Gasteiger partial charge >= 0.3 is 0 Å². The van der Waals surface area contributed by atoms with Crippen LogP contribution in [0, 0.1) is 0 Å². The zero-order valence-electron chi connectivity index (χ0n) is 8.81. The Bertz CT molecular complexity index is 315. The van der Waals surface area contributed by atoms with E-state index in [0.29, 0.717) is 30.9 Å². The molecule has 15 heavy (non-hydrogen) atoms. The average molecular weight is 211 g/mol. The number of phenolic OH excluding ortho intramolecular Hbond substituents is 1. The van der Waals surface area contributed by atoms with Crippen LogP contribution in [0.3, 0.4) is 0 Å². The molecule has 0 radical (unpaired) electrons. The Balaban J connectivity index is 2.86. The summed E-state index contributed by atoms with van der Waals surface area (Å²) in [6.45, 7) is 2.73. The molecule has 0 aromatic heterocycles. The van der Waals surface area contributed by atoms with Crippen LogP contribution in [0.25, 0.3) is 0 Å². The molecule has 0 aliphatic carbocycles. The Kier molecular flexibility index (Phi) is 4.39. The molecular weight excluding hydrogens is 194 g/mol. The van der Waals surface area contributed by atoms with E-state index >= 15 is 0 Å². The van der Waals surface area contributed by atoms with Crippen molar-refractivity contribution in [1.29, 1.82) is 0 Å². The predicted molar refractivity (Wildman–Crippen MR) is 57.9 cm³/mol. The maximum absolute atomic E-state index is 9.69. The van der Waals surface area contributed by atoms with E-state index in [1.807, 2.05) is 6.92 Å². The summed E-state index contributed by atoms with van der Waals surface area (Å²) in [6, 6.07) is 4.82. The summed E-state index contributed by atoms with van der Waals surface area (Å²) in [5.74, 6) is 0.478. The second kappa shape index (κ2) is 5.58. The first kappa shape index (κ1) is 11.8. The molecule has 0 aliphatic rings. The zero-order chi connectivity index (χ0) is 11.3. The second-order valence-corrected chi connectivity index (χ2v) is 3.25. The van der Waals surface area contributed by atoms with Crippen LogP contribution in [-0.2, 0) is 0 Å². The van der Waals surface area contributed by atoms with Crippen LogP contribution < -0.4 is 10.5 Å². The molecule has 0 saturated heterocycles. The summed E-state index contributed by atoms with van der Waals surface area (Å²) in [6.07, 6.45) is -0.106. The van der Waals surface area contributed by atoms with E-state index in [2.05, 4.69) is 0 Å². The van der Waals surface area contributed by atoms with Crippen molar-refractivity contribution in [2.45, 2.75) is 19.4 Å². The lowest BCUT2D eigenvalue weighted by molar-refractivity contribution is 0.169. The third kappa shape index (κ3) is 3.11. The van der Waals surface area contributed by atoms with Gasteiger partial charge < -0.3 is 20.7 Å². The van der Waals surface area contributed by atoms with Gasteiger partial charge in [-0.1, -0.05) is 6.07 Å². The number of benzene rings is 1. The van der Waals surface area contributed by atoms with Crippen LogP contribution in [-0.4, -0.2) is 23.4 Å². The molecule has 84 valence electrons. The van der Waals surface area contributed by atoms with Crippen molar-refractivity contribution in [3.63, 3.8) is 0 Å². The van der Waals surface area contributed by atoms with Gasteiger partial charge in [0.05, 0.1) is 12.7 Å². The molecule has 1 aromatic rings. The van der Waals surface area contributed by atoms with E-state index < -0.39 is 6.10 Å². The lowest BCUT2D eigenvalue weighted by Gasteiger charge is -2.12. The van der Waals surface area contributed by atoms with Gasteiger partial charge in [0.1, 0.15) is 0 Å². The molecule has 0 amide bonds. The van der Waals surface area contributed by atoms with Crippen LogP contribution in [0.5, 0.6) is 11.5 Å². The number of aromatic hydroxyl groups is 1. The molecule has 4 heteroatoms. The first-order valence-electron chi connectivity index (χ1n) is 5.02. The van der Waals surface area contributed by atoms with Gasteiger partial charge in [-0.15, -0.1) is 0 Å². The topological polar surface area (TPSA) is 75.7 Å². The van der Waals surface area contributed by atoms with Crippen molar-refractivity contribution >= 4 is 0 Å². The molecule has 0 heterocycles. The number of phenols is 1. The highest BCUT2D eigenvalue weighted by Gasteiger charge is 2.10. The summed E-state index contributed by atoms with van der Waals surface area (Å²) in [4.78, 5) is 0. The minimum atomic E-state index is -0.602. The van der Waals surface area contributed by atoms with Crippen LogP contribution in [0.2, 0.25) is 0 Å². The highest BCUT2D eigenvalue weighted by Crippen LogP contribution is 2.29. The van der Waals surface area contributed by atoms with Gasteiger partial charge in [-0.2, -0.15) is 0 Å². The van der Waals surface area contributed by atoms with Crippen LogP contribution in [0.4, 0.5) is 0 Å². The van der Waals surface area contributed by atoms with Crippen molar-refractivity contribution in [3.05, 3.63) is 23.8 Å². The van der Waals surface area contributed by atoms with Crippen molar-refractivity contribution in [2.24, 2.45) is 5.73 Å². The van der Waals surface area contributed by atoms with E-state index in [9.17, 15) is 10.2 Å². The predicted octanol–water partition coefficient (Wildman–Crippen LogP) is 1.17. The fourth-order valence-corrected chi connectivity index (χ4v) is 1.33. The first-order chi connectivity index (χ1) is 7.19. The van der Waals surface area contributed by atoms with Gasteiger partial charge in [0, 0.05) is 0 Å². The van der Waals surface area contributed by atoms with Gasteiger partial charge in [0.25, 0.3) is 0 Å². The number of nitrogens with two attached hydrogens (primary N) is 1. The summed E-state index contributed by atoms with van der Waals surface area (Å²) in [5, 5.41) is 19.1. The number of hydrogen-bond acceptors (Lipinski definition) is 4. The Morgan fingerprint density at radius 3 is 2.80 bits per heavy atom. The normalized spacial score (nSPS) is 12.5. The van der Waals surface area contributed by atoms with Crippen molar-refractivity contribution < 1.29 is 14.9 Å². The quantitative estimate of drug-likeness (QED) is 0.683. The average Bonchev–Trinajstić information content (AvgIpc) is 2.22. The number of aliphatic hydroxyl groups excluding tert-OH is 1. The van der Waals surface area contributed by atoms with Crippen LogP contribution in [0.1, 0.15) is 25.0 Å². The molecule has 1 rings (SSSR count). The van der Waals surface area contributed by atoms with Gasteiger partial charge in [-0.3, -0.25) is 0 Å². The van der Waals surface area contributed by atoms with E-state index in [1.54, 1.807) is 12.1 Å². The molecular formula is C11H17NO3. The number of rotatable bonds is 5. The minimum absolute atomic E-state index is 0.0838. The van der Waals surface area contributed by atoms with Gasteiger partial charge in [0.15, 0.2) is 11.5 Å². The summed E-state index contributed by atoms with van der Waals surface area (Å²) >= 11 is 0. The van der Waals surface area contributed by atoms with Crippen LogP contribution >= 0.6 is 0 Å². The molecule has 0 fully saturated rings. The third-order valence-electron chi connectivity index (χ3n) is 2.11. The summed E-state index contributed by atoms with van der Waals surface area (Å²) in [7, 11) is 0. The van der Waals surface area contributed by atoms with Gasteiger partial charge in [-0.25, -0.2) is 0 Å².